The third-order valence-electron chi connectivity index (χ3n) is 1.15. The second-order valence-corrected chi connectivity index (χ2v) is 2.56. The summed E-state index contributed by atoms with van der Waals surface area (Å²) in [5, 5.41) is -0.0116. The maximum atomic E-state index is 8.73. The van der Waals surface area contributed by atoms with Crippen LogP contribution in [0.15, 0.2) is 24.9 Å². The summed E-state index contributed by atoms with van der Waals surface area (Å²) in [6.45, 7) is 5.50. The molecule has 0 heterocycles. The SMILES string of the molecule is C=CN(C)C(/C=C\C)SO. The average Bonchev–Trinajstić information content (AvgIpc) is 1.99. The number of hydrogen-bond donors (Lipinski definition) is 1. The molecular weight excluding hydrogens is 146 g/mol. The van der Waals surface area contributed by atoms with E-state index in [1.165, 1.54) is 0 Å². The molecule has 0 aliphatic rings. The van der Waals surface area contributed by atoms with Gasteiger partial charge in [0.05, 0.1) is 0 Å². The predicted octanol–water partition coefficient (Wildman–Crippen LogP) is 2.17. The summed E-state index contributed by atoms with van der Waals surface area (Å²) in [4.78, 5) is 1.82. The zero-order chi connectivity index (χ0) is 7.98. The number of rotatable bonds is 4. The molecule has 1 N–H and O–H groups in total. The quantitative estimate of drug-likeness (QED) is 0.386. The van der Waals surface area contributed by atoms with Crippen molar-refractivity contribution in [3.63, 3.8) is 0 Å². The van der Waals surface area contributed by atoms with Gasteiger partial charge in [-0.3, -0.25) is 0 Å². The molecule has 0 bridgehead atoms. The highest BCUT2D eigenvalue weighted by Crippen LogP contribution is 2.11. The van der Waals surface area contributed by atoms with Gasteiger partial charge in [-0.15, -0.1) is 0 Å². The van der Waals surface area contributed by atoms with Gasteiger partial charge < -0.3 is 9.45 Å². The normalized spacial score (nSPS) is 13.5. The van der Waals surface area contributed by atoms with Gasteiger partial charge in [-0.2, -0.15) is 0 Å². The molecule has 0 aromatic rings. The number of likely N-dealkylation sites (N-methyl/N-ethyl adjacent to an activating group) is 1. The number of hydrogen-bond acceptors (Lipinski definition) is 3. The predicted molar refractivity (Wildman–Crippen MR) is 46.8 cm³/mol. The molecule has 2 nitrogen and oxygen atoms in total. The summed E-state index contributed by atoms with van der Waals surface area (Å²) in [5.41, 5.74) is 0. The van der Waals surface area contributed by atoms with Crippen LogP contribution in [0.5, 0.6) is 0 Å². The Kier molecular flexibility index (Phi) is 5.16. The van der Waals surface area contributed by atoms with Crippen molar-refractivity contribution < 1.29 is 4.55 Å². The number of nitrogens with zero attached hydrogens (tertiary/aromatic N) is 1. The van der Waals surface area contributed by atoms with Crippen molar-refractivity contribution in [3.8, 4) is 0 Å². The minimum absolute atomic E-state index is 0.0116. The van der Waals surface area contributed by atoms with Gasteiger partial charge in [-0.25, -0.2) is 0 Å². The van der Waals surface area contributed by atoms with Crippen molar-refractivity contribution in [3.05, 3.63) is 24.9 Å². The van der Waals surface area contributed by atoms with Crippen LogP contribution in [-0.4, -0.2) is 21.9 Å². The summed E-state index contributed by atoms with van der Waals surface area (Å²) in [6.07, 6.45) is 5.47. The van der Waals surface area contributed by atoms with E-state index in [1.807, 2.05) is 31.0 Å². The van der Waals surface area contributed by atoms with E-state index in [4.69, 9.17) is 4.55 Å². The highest BCUT2D eigenvalue weighted by molar-refractivity contribution is 7.94. The first-order chi connectivity index (χ1) is 4.76. The fourth-order valence-electron chi connectivity index (χ4n) is 0.514. The molecule has 0 saturated carbocycles. The maximum absolute atomic E-state index is 8.73. The molecule has 0 amide bonds. The molecule has 0 saturated heterocycles. The minimum Gasteiger partial charge on any atom is -0.364 e. The van der Waals surface area contributed by atoms with Crippen LogP contribution in [0.4, 0.5) is 0 Å². The second-order valence-electron chi connectivity index (χ2n) is 1.87. The molecule has 0 aromatic heterocycles. The molecule has 1 atom stereocenters. The van der Waals surface area contributed by atoms with Crippen molar-refractivity contribution in [1.82, 2.24) is 4.90 Å². The largest absolute Gasteiger partial charge is 0.364 e. The fourth-order valence-corrected chi connectivity index (χ4v) is 0.976. The molecular formula is C7H13NOS. The van der Waals surface area contributed by atoms with Gasteiger partial charge in [0, 0.05) is 19.1 Å². The van der Waals surface area contributed by atoms with Gasteiger partial charge in [-0.1, -0.05) is 18.7 Å². The molecule has 0 spiro atoms. The third-order valence-corrected chi connectivity index (χ3v) is 1.86. The third kappa shape index (κ3) is 2.94. The molecule has 0 radical (unpaired) electrons. The van der Waals surface area contributed by atoms with E-state index in [9.17, 15) is 0 Å². The van der Waals surface area contributed by atoms with Crippen LogP contribution in [0.25, 0.3) is 0 Å². The van der Waals surface area contributed by atoms with Gasteiger partial charge in [-0.05, 0) is 13.1 Å². The molecule has 58 valence electrons. The van der Waals surface area contributed by atoms with E-state index in [0.29, 0.717) is 0 Å². The Labute approximate surface area is 66.4 Å². The maximum Gasteiger partial charge on any atom is 0.119 e. The smallest absolute Gasteiger partial charge is 0.119 e. The summed E-state index contributed by atoms with van der Waals surface area (Å²) in [5.74, 6) is 0. The minimum atomic E-state index is -0.0116. The molecule has 0 aliphatic carbocycles. The van der Waals surface area contributed by atoms with E-state index in [2.05, 4.69) is 6.58 Å². The standard InChI is InChI=1S/C7H13NOS/c1-4-6-7(10-9)8(3)5-2/h4-7,9H,2H2,1,3H3/b6-4-. The lowest BCUT2D eigenvalue weighted by Crippen LogP contribution is -2.20. The summed E-state index contributed by atoms with van der Waals surface area (Å²) < 4.78 is 8.73. The van der Waals surface area contributed by atoms with E-state index < -0.39 is 0 Å². The zero-order valence-electron chi connectivity index (χ0n) is 6.32. The van der Waals surface area contributed by atoms with Crippen molar-refractivity contribution in [2.45, 2.75) is 12.3 Å². The van der Waals surface area contributed by atoms with Gasteiger partial charge >= 0.3 is 0 Å². The highest BCUT2D eigenvalue weighted by Gasteiger charge is 2.04. The van der Waals surface area contributed by atoms with Crippen LogP contribution in [0.3, 0.4) is 0 Å². The van der Waals surface area contributed by atoms with Crippen LogP contribution in [0.1, 0.15) is 6.92 Å². The number of allylic oxidation sites excluding steroid dienone is 1. The second kappa shape index (κ2) is 5.38. The van der Waals surface area contributed by atoms with Crippen LogP contribution in [-0.2, 0) is 0 Å². The molecule has 10 heavy (non-hydrogen) atoms. The molecule has 0 fully saturated rings. The lowest BCUT2D eigenvalue weighted by molar-refractivity contribution is 0.464. The molecule has 0 rings (SSSR count). The first-order valence-electron chi connectivity index (χ1n) is 3.03. The molecule has 0 aromatic carbocycles. The van der Waals surface area contributed by atoms with Crippen LogP contribution in [0.2, 0.25) is 0 Å². The average molecular weight is 159 g/mol. The van der Waals surface area contributed by atoms with Crippen molar-refractivity contribution in [2.24, 2.45) is 0 Å². The van der Waals surface area contributed by atoms with Crippen molar-refractivity contribution in [2.75, 3.05) is 7.05 Å². The van der Waals surface area contributed by atoms with Crippen molar-refractivity contribution >= 4 is 12.0 Å². The van der Waals surface area contributed by atoms with Crippen LogP contribution in [0, 0.1) is 0 Å². The lowest BCUT2D eigenvalue weighted by atomic mass is 10.5. The summed E-state index contributed by atoms with van der Waals surface area (Å²) >= 11 is 0.795. The Morgan fingerprint density at radius 3 is 2.60 bits per heavy atom. The topological polar surface area (TPSA) is 23.5 Å². The lowest BCUT2D eigenvalue weighted by Gasteiger charge is -2.19. The Hall–Kier alpha value is -0.410. The van der Waals surface area contributed by atoms with E-state index >= 15 is 0 Å². The first-order valence-corrected chi connectivity index (χ1v) is 3.87. The Morgan fingerprint density at radius 2 is 2.30 bits per heavy atom. The molecule has 0 aliphatic heterocycles. The summed E-state index contributed by atoms with van der Waals surface area (Å²) in [7, 11) is 1.86. The van der Waals surface area contributed by atoms with E-state index in [-0.39, 0.29) is 5.37 Å². The first kappa shape index (κ1) is 9.59. The van der Waals surface area contributed by atoms with Gasteiger partial charge in [0.25, 0.3) is 0 Å². The van der Waals surface area contributed by atoms with Gasteiger partial charge in [0.1, 0.15) is 5.37 Å². The van der Waals surface area contributed by atoms with Crippen molar-refractivity contribution in [1.29, 1.82) is 0 Å². The Balaban J connectivity index is 3.91. The van der Waals surface area contributed by atoms with Gasteiger partial charge in [0.15, 0.2) is 0 Å². The highest BCUT2D eigenvalue weighted by atomic mass is 32.2. The molecule has 1 unspecified atom stereocenters. The Morgan fingerprint density at radius 1 is 1.70 bits per heavy atom. The monoisotopic (exact) mass is 159 g/mol. The van der Waals surface area contributed by atoms with Crippen LogP contribution < -0.4 is 0 Å². The Bertz CT molecular complexity index is 125. The van der Waals surface area contributed by atoms with E-state index in [1.54, 1.807) is 6.20 Å². The zero-order valence-corrected chi connectivity index (χ0v) is 7.14. The summed E-state index contributed by atoms with van der Waals surface area (Å²) in [6, 6.07) is 0. The van der Waals surface area contributed by atoms with E-state index in [0.717, 1.165) is 12.0 Å². The van der Waals surface area contributed by atoms with Crippen LogP contribution >= 0.6 is 12.0 Å². The molecule has 3 heteroatoms. The fraction of sp³-hybridized carbons (Fsp3) is 0.429. The van der Waals surface area contributed by atoms with Gasteiger partial charge in [0.2, 0.25) is 0 Å².